The number of alkyl carbamates (subject to hydrolysis) is 1. The van der Waals surface area contributed by atoms with Crippen LogP contribution < -0.4 is 5.32 Å². The van der Waals surface area contributed by atoms with Crippen LogP contribution in [0.2, 0.25) is 0 Å². The highest BCUT2D eigenvalue weighted by molar-refractivity contribution is 5.86. The minimum absolute atomic E-state index is 0.0611. The van der Waals surface area contributed by atoms with Crippen molar-refractivity contribution in [3.05, 3.63) is 71.8 Å². The highest BCUT2D eigenvalue weighted by Crippen LogP contribution is 2.27. The predicted octanol–water partition coefficient (Wildman–Crippen LogP) is 3.64. The van der Waals surface area contributed by atoms with Gasteiger partial charge in [-0.3, -0.25) is 19.3 Å². The fourth-order valence-corrected chi connectivity index (χ4v) is 4.87. The van der Waals surface area contributed by atoms with Gasteiger partial charge in [-0.1, -0.05) is 60.7 Å². The summed E-state index contributed by atoms with van der Waals surface area (Å²) in [6, 6.07) is 19.3. The first kappa shape index (κ1) is 30.8. The maximum atomic E-state index is 14.1. The van der Waals surface area contributed by atoms with E-state index >= 15 is 0 Å². The molecule has 3 amide bonds. The number of nitrogens with zero attached hydrogens (tertiary/aromatic N) is 3. The van der Waals surface area contributed by atoms with Gasteiger partial charge in [-0.15, -0.1) is 0 Å². The molecule has 1 saturated heterocycles. The van der Waals surface area contributed by atoms with Crippen LogP contribution >= 0.6 is 0 Å². The van der Waals surface area contributed by atoms with Crippen LogP contribution in [0.25, 0.3) is 0 Å². The quantitative estimate of drug-likeness (QED) is 0.429. The SMILES string of the molecule is CN1CCC[C@@H](C(=O)N(CCC(=O)CNC(=O)OC(C)(C)C)CC(c2ccccc2)c2ccccc2)N(C=O)C1. The summed E-state index contributed by atoms with van der Waals surface area (Å²) in [4.78, 5) is 56.1. The average Bonchev–Trinajstić information content (AvgIpc) is 3.12. The summed E-state index contributed by atoms with van der Waals surface area (Å²) in [6.07, 6.45) is 1.47. The third kappa shape index (κ3) is 9.48. The Hall–Kier alpha value is -3.72. The number of rotatable bonds is 11. The number of nitrogens with one attached hydrogen (secondary N) is 1. The summed E-state index contributed by atoms with van der Waals surface area (Å²) in [5, 5.41) is 2.50. The van der Waals surface area contributed by atoms with Crippen molar-refractivity contribution in [2.45, 2.75) is 57.6 Å². The lowest BCUT2D eigenvalue weighted by Crippen LogP contribution is -2.51. The van der Waals surface area contributed by atoms with Crippen molar-refractivity contribution in [3.8, 4) is 0 Å². The summed E-state index contributed by atoms with van der Waals surface area (Å²) in [7, 11) is 1.93. The first-order valence-corrected chi connectivity index (χ1v) is 13.8. The normalized spacial score (nSPS) is 16.2. The number of ketones is 1. The van der Waals surface area contributed by atoms with Gasteiger partial charge in [0.1, 0.15) is 11.6 Å². The van der Waals surface area contributed by atoms with E-state index in [2.05, 4.69) is 5.32 Å². The van der Waals surface area contributed by atoms with Gasteiger partial charge in [0.05, 0.1) is 13.2 Å². The highest BCUT2D eigenvalue weighted by Gasteiger charge is 2.33. The Bertz CT molecular complexity index is 1080. The molecule has 40 heavy (non-hydrogen) atoms. The van der Waals surface area contributed by atoms with E-state index < -0.39 is 17.7 Å². The molecule has 0 unspecified atom stereocenters. The first-order chi connectivity index (χ1) is 19.1. The maximum absolute atomic E-state index is 14.1. The van der Waals surface area contributed by atoms with E-state index in [9.17, 15) is 19.2 Å². The Labute approximate surface area is 237 Å². The lowest BCUT2D eigenvalue weighted by molar-refractivity contribution is -0.142. The summed E-state index contributed by atoms with van der Waals surface area (Å²) in [6.45, 7) is 6.74. The fourth-order valence-electron chi connectivity index (χ4n) is 4.87. The molecule has 1 heterocycles. The molecule has 1 N–H and O–H groups in total. The number of hydrogen-bond acceptors (Lipinski definition) is 6. The van der Waals surface area contributed by atoms with Gasteiger partial charge in [-0.25, -0.2) is 4.79 Å². The van der Waals surface area contributed by atoms with Crippen molar-refractivity contribution in [1.29, 1.82) is 0 Å². The zero-order valence-corrected chi connectivity index (χ0v) is 24.0. The van der Waals surface area contributed by atoms with Gasteiger partial charge in [0.2, 0.25) is 12.3 Å². The molecule has 216 valence electrons. The Morgan fingerprint density at radius 2 is 1.65 bits per heavy atom. The second-order valence-electron chi connectivity index (χ2n) is 11.3. The van der Waals surface area contributed by atoms with Crippen molar-refractivity contribution in [3.63, 3.8) is 0 Å². The number of carbonyl (C=O) groups excluding carboxylic acids is 4. The standard InChI is InChI=1S/C31H42N4O5/c1-31(2,3)40-30(39)32-20-26(37)17-19-34(29(38)28-16-11-18-33(4)22-35(28)23-36)21-27(24-12-7-5-8-13-24)25-14-9-6-10-15-25/h5-10,12-15,23,27-28H,11,16-22H2,1-4H3,(H,32,39)/t28-/m0/s1. The molecule has 3 rings (SSSR count). The number of ether oxygens (including phenoxy) is 1. The molecular weight excluding hydrogens is 508 g/mol. The van der Waals surface area contributed by atoms with E-state index in [4.69, 9.17) is 4.74 Å². The monoisotopic (exact) mass is 550 g/mol. The fraction of sp³-hybridized carbons (Fsp3) is 0.484. The molecule has 1 aliphatic heterocycles. The minimum atomic E-state index is -0.669. The molecule has 0 radical (unpaired) electrons. The van der Waals surface area contributed by atoms with Crippen molar-refractivity contribution >= 4 is 24.2 Å². The van der Waals surface area contributed by atoms with Crippen LogP contribution in [0.1, 0.15) is 57.1 Å². The van der Waals surface area contributed by atoms with Gasteiger partial charge >= 0.3 is 6.09 Å². The van der Waals surface area contributed by atoms with E-state index in [0.717, 1.165) is 30.5 Å². The molecule has 9 heteroatoms. The smallest absolute Gasteiger partial charge is 0.408 e. The van der Waals surface area contributed by atoms with Crippen LogP contribution in [-0.4, -0.2) is 90.4 Å². The van der Waals surface area contributed by atoms with Gasteiger partial charge in [-0.05, 0) is 58.3 Å². The largest absolute Gasteiger partial charge is 0.444 e. The molecule has 1 atom stereocenters. The van der Waals surface area contributed by atoms with Gasteiger partial charge < -0.3 is 19.9 Å². The third-order valence-corrected chi connectivity index (χ3v) is 6.85. The summed E-state index contributed by atoms with van der Waals surface area (Å²) in [5.74, 6) is -0.515. The van der Waals surface area contributed by atoms with Crippen LogP contribution in [0.3, 0.4) is 0 Å². The van der Waals surface area contributed by atoms with Crippen LogP contribution in [0, 0.1) is 0 Å². The molecule has 0 aromatic heterocycles. The van der Waals surface area contributed by atoms with E-state index in [1.807, 2.05) is 72.6 Å². The Kier molecular flexibility index (Phi) is 11.3. The molecule has 2 aromatic carbocycles. The van der Waals surface area contributed by atoms with Gasteiger partial charge in [0, 0.05) is 25.4 Å². The van der Waals surface area contributed by atoms with Crippen molar-refractivity contribution < 1.29 is 23.9 Å². The van der Waals surface area contributed by atoms with E-state index in [0.29, 0.717) is 19.6 Å². The van der Waals surface area contributed by atoms with Crippen molar-refractivity contribution in [1.82, 2.24) is 20.0 Å². The molecule has 9 nitrogen and oxygen atoms in total. The lowest BCUT2D eigenvalue weighted by Gasteiger charge is -2.34. The summed E-state index contributed by atoms with van der Waals surface area (Å²) >= 11 is 0. The Balaban J connectivity index is 1.82. The third-order valence-electron chi connectivity index (χ3n) is 6.85. The lowest BCUT2D eigenvalue weighted by atomic mass is 9.90. The van der Waals surface area contributed by atoms with E-state index in [1.54, 1.807) is 30.6 Å². The average molecular weight is 551 g/mol. The topological polar surface area (TPSA) is 99.3 Å². The number of carbonyl (C=O) groups is 4. The first-order valence-electron chi connectivity index (χ1n) is 13.8. The maximum Gasteiger partial charge on any atom is 0.408 e. The number of benzene rings is 2. The van der Waals surface area contributed by atoms with E-state index in [1.165, 1.54) is 0 Å². The number of Topliss-reactive ketones (excluding diaryl/α,β-unsaturated/α-hetero) is 1. The van der Waals surface area contributed by atoms with Gasteiger partial charge in [-0.2, -0.15) is 0 Å². The van der Waals surface area contributed by atoms with Crippen LogP contribution in [0.5, 0.6) is 0 Å². The molecule has 0 saturated carbocycles. The summed E-state index contributed by atoms with van der Waals surface area (Å²) in [5.41, 5.74) is 1.44. The van der Waals surface area contributed by atoms with Crippen molar-refractivity contribution in [2.24, 2.45) is 0 Å². The number of hydrogen-bond donors (Lipinski definition) is 1. The molecule has 1 fully saturated rings. The van der Waals surface area contributed by atoms with Crippen molar-refractivity contribution in [2.75, 3.05) is 39.9 Å². The molecule has 0 spiro atoms. The van der Waals surface area contributed by atoms with Gasteiger partial charge in [0.15, 0.2) is 5.78 Å². The Morgan fingerprint density at radius 1 is 1.05 bits per heavy atom. The summed E-state index contributed by atoms with van der Waals surface area (Å²) < 4.78 is 5.22. The highest BCUT2D eigenvalue weighted by atomic mass is 16.6. The Morgan fingerprint density at radius 3 is 2.20 bits per heavy atom. The zero-order chi connectivity index (χ0) is 29.1. The molecule has 2 aromatic rings. The second kappa shape index (κ2) is 14.6. The minimum Gasteiger partial charge on any atom is -0.444 e. The molecule has 0 aliphatic carbocycles. The molecule has 0 bridgehead atoms. The number of amides is 3. The zero-order valence-electron chi connectivity index (χ0n) is 24.0. The van der Waals surface area contributed by atoms with Crippen LogP contribution in [-0.2, 0) is 19.1 Å². The van der Waals surface area contributed by atoms with Crippen LogP contribution in [0.15, 0.2) is 60.7 Å². The van der Waals surface area contributed by atoms with Gasteiger partial charge in [0.25, 0.3) is 0 Å². The predicted molar refractivity (Wildman–Crippen MR) is 154 cm³/mol. The van der Waals surface area contributed by atoms with E-state index in [-0.39, 0.29) is 37.1 Å². The molecule has 1 aliphatic rings. The molecular formula is C31H42N4O5. The van der Waals surface area contributed by atoms with Crippen LogP contribution in [0.4, 0.5) is 4.79 Å². The second-order valence-corrected chi connectivity index (χ2v) is 11.3.